The molecule has 96 valence electrons. The molecule has 1 N–H and O–H groups in total. The second-order valence-electron chi connectivity index (χ2n) is 4.62. The number of rotatable bonds is 1. The Morgan fingerprint density at radius 3 is 3.11 bits per heavy atom. The highest BCUT2D eigenvalue weighted by Crippen LogP contribution is 2.36. The second-order valence-corrected chi connectivity index (χ2v) is 4.62. The Morgan fingerprint density at radius 2 is 2.33 bits per heavy atom. The third kappa shape index (κ3) is 1.58. The zero-order valence-corrected chi connectivity index (χ0v) is 10.1. The number of benzene rings is 1. The van der Waals surface area contributed by atoms with E-state index in [0.29, 0.717) is 18.9 Å². The molecule has 3 rings (SSSR count). The predicted octanol–water partition coefficient (Wildman–Crippen LogP) is 1.62. The summed E-state index contributed by atoms with van der Waals surface area (Å²) in [7, 11) is 0. The minimum absolute atomic E-state index is 0.00181. The van der Waals surface area contributed by atoms with Gasteiger partial charge in [-0.1, -0.05) is 6.07 Å². The summed E-state index contributed by atoms with van der Waals surface area (Å²) < 4.78 is 19.2. The van der Waals surface area contributed by atoms with Crippen molar-refractivity contribution in [3.63, 3.8) is 0 Å². The molecular formula is C13H15FN2O2. The summed E-state index contributed by atoms with van der Waals surface area (Å²) in [6, 6.07) is 4.87. The molecule has 2 unspecified atom stereocenters. The summed E-state index contributed by atoms with van der Waals surface area (Å²) in [6.45, 7) is 3.64. The fourth-order valence-electron chi connectivity index (χ4n) is 2.78. The van der Waals surface area contributed by atoms with Gasteiger partial charge in [-0.25, -0.2) is 4.39 Å². The van der Waals surface area contributed by atoms with Crippen LogP contribution in [-0.4, -0.2) is 31.7 Å². The van der Waals surface area contributed by atoms with Gasteiger partial charge in [0, 0.05) is 6.54 Å². The Morgan fingerprint density at radius 1 is 1.50 bits per heavy atom. The molecule has 1 amide bonds. The number of para-hydroxylation sites is 1. The average molecular weight is 250 g/mol. The third-order valence-electron chi connectivity index (χ3n) is 3.68. The third-order valence-corrected chi connectivity index (χ3v) is 3.68. The van der Waals surface area contributed by atoms with Gasteiger partial charge >= 0.3 is 0 Å². The first kappa shape index (κ1) is 11.5. The van der Waals surface area contributed by atoms with Gasteiger partial charge in [-0.15, -0.1) is 0 Å². The molecule has 2 heterocycles. The number of anilines is 2. The lowest BCUT2D eigenvalue weighted by atomic mass is 10.0. The minimum Gasteiger partial charge on any atom is -0.378 e. The van der Waals surface area contributed by atoms with Crippen molar-refractivity contribution in [1.82, 2.24) is 0 Å². The molecule has 18 heavy (non-hydrogen) atoms. The molecule has 0 aliphatic carbocycles. The van der Waals surface area contributed by atoms with E-state index in [4.69, 9.17) is 4.74 Å². The molecule has 0 aromatic heterocycles. The number of halogens is 1. The molecular weight excluding hydrogens is 235 g/mol. The fraction of sp³-hybridized carbons (Fsp3) is 0.462. The Balaban J connectivity index is 2.13. The first-order chi connectivity index (χ1) is 8.72. The summed E-state index contributed by atoms with van der Waals surface area (Å²) in [5.41, 5.74) is 1.03. The highest BCUT2D eigenvalue weighted by Gasteiger charge is 2.41. The van der Waals surface area contributed by atoms with Gasteiger partial charge in [0.25, 0.3) is 0 Å². The van der Waals surface area contributed by atoms with Crippen molar-refractivity contribution in [1.29, 1.82) is 0 Å². The van der Waals surface area contributed by atoms with Crippen molar-refractivity contribution in [3.05, 3.63) is 24.0 Å². The molecule has 4 nitrogen and oxygen atoms in total. The molecule has 5 heteroatoms. The van der Waals surface area contributed by atoms with E-state index in [1.807, 2.05) is 17.9 Å². The molecule has 2 atom stereocenters. The standard InChI is InChI=1S/C13H15FN2O2/c1-2-16-10-5-3-4-9(14)12(10)15-13(17)8-6-18-7-11(8)16/h3-5,8,11H,2,6-7H2,1H3,(H,15,17). The van der Waals surface area contributed by atoms with Crippen molar-refractivity contribution >= 4 is 17.3 Å². The smallest absolute Gasteiger partial charge is 0.232 e. The summed E-state index contributed by atoms with van der Waals surface area (Å²) >= 11 is 0. The van der Waals surface area contributed by atoms with E-state index in [2.05, 4.69) is 5.32 Å². The number of likely N-dealkylation sites (N-methyl/N-ethyl adjacent to an activating group) is 1. The highest BCUT2D eigenvalue weighted by molar-refractivity contribution is 5.98. The van der Waals surface area contributed by atoms with Crippen LogP contribution in [0.15, 0.2) is 18.2 Å². The maximum absolute atomic E-state index is 13.8. The van der Waals surface area contributed by atoms with Gasteiger partial charge in [-0.05, 0) is 19.1 Å². The van der Waals surface area contributed by atoms with Gasteiger partial charge in [-0.2, -0.15) is 0 Å². The number of hydrogen-bond acceptors (Lipinski definition) is 3. The Kier molecular flexibility index (Phi) is 2.70. The first-order valence-corrected chi connectivity index (χ1v) is 6.16. The van der Waals surface area contributed by atoms with Gasteiger partial charge in [-0.3, -0.25) is 4.79 Å². The van der Waals surface area contributed by atoms with Crippen molar-refractivity contribution in [2.75, 3.05) is 30.0 Å². The molecule has 0 radical (unpaired) electrons. The maximum atomic E-state index is 13.8. The topological polar surface area (TPSA) is 41.6 Å². The van der Waals surface area contributed by atoms with E-state index in [9.17, 15) is 9.18 Å². The van der Waals surface area contributed by atoms with Gasteiger partial charge < -0.3 is 15.0 Å². The van der Waals surface area contributed by atoms with E-state index in [-0.39, 0.29) is 23.7 Å². The maximum Gasteiger partial charge on any atom is 0.232 e. The minimum atomic E-state index is -0.389. The number of nitrogens with zero attached hydrogens (tertiary/aromatic N) is 1. The second kappa shape index (κ2) is 4.24. The summed E-state index contributed by atoms with van der Waals surface area (Å²) in [6.07, 6.45) is 0. The fourth-order valence-corrected chi connectivity index (χ4v) is 2.78. The normalized spacial score (nSPS) is 26.3. The molecule has 1 aromatic carbocycles. The van der Waals surface area contributed by atoms with E-state index >= 15 is 0 Å². The van der Waals surface area contributed by atoms with Crippen LogP contribution < -0.4 is 10.2 Å². The lowest BCUT2D eigenvalue weighted by Gasteiger charge is -2.30. The van der Waals surface area contributed by atoms with E-state index in [1.165, 1.54) is 6.07 Å². The van der Waals surface area contributed by atoms with Crippen molar-refractivity contribution in [3.8, 4) is 0 Å². The lowest BCUT2D eigenvalue weighted by Crippen LogP contribution is -2.42. The van der Waals surface area contributed by atoms with E-state index < -0.39 is 0 Å². The Labute approximate surface area is 105 Å². The number of ether oxygens (including phenoxy) is 1. The van der Waals surface area contributed by atoms with Crippen LogP contribution in [0.3, 0.4) is 0 Å². The van der Waals surface area contributed by atoms with Gasteiger partial charge in [0.2, 0.25) is 5.91 Å². The molecule has 1 aromatic rings. The van der Waals surface area contributed by atoms with E-state index in [0.717, 1.165) is 12.2 Å². The van der Waals surface area contributed by atoms with Crippen LogP contribution in [-0.2, 0) is 9.53 Å². The number of carbonyl (C=O) groups excluding carboxylic acids is 1. The van der Waals surface area contributed by atoms with Crippen molar-refractivity contribution < 1.29 is 13.9 Å². The molecule has 2 aliphatic heterocycles. The Hall–Kier alpha value is -1.62. The SMILES string of the molecule is CCN1c2cccc(F)c2NC(=O)C2COCC21. The monoisotopic (exact) mass is 250 g/mol. The van der Waals surface area contributed by atoms with Gasteiger partial charge in [0.1, 0.15) is 11.5 Å². The first-order valence-electron chi connectivity index (χ1n) is 6.16. The van der Waals surface area contributed by atoms with Crippen LogP contribution in [0.4, 0.5) is 15.8 Å². The Bertz CT molecular complexity index is 492. The van der Waals surface area contributed by atoms with Crippen LogP contribution in [0, 0.1) is 11.7 Å². The number of nitrogens with one attached hydrogen (secondary N) is 1. The van der Waals surface area contributed by atoms with Crippen LogP contribution in [0.5, 0.6) is 0 Å². The number of fused-ring (bicyclic) bond motifs is 2. The summed E-state index contributed by atoms with van der Waals surface area (Å²) in [5, 5.41) is 2.69. The lowest BCUT2D eigenvalue weighted by molar-refractivity contribution is -0.120. The highest BCUT2D eigenvalue weighted by atomic mass is 19.1. The molecule has 0 saturated carbocycles. The summed E-state index contributed by atoms with van der Waals surface area (Å²) in [5.74, 6) is -0.767. The zero-order chi connectivity index (χ0) is 12.7. The molecule has 1 saturated heterocycles. The molecule has 1 fully saturated rings. The number of hydrogen-bond donors (Lipinski definition) is 1. The number of carbonyl (C=O) groups is 1. The molecule has 0 spiro atoms. The van der Waals surface area contributed by atoms with Crippen molar-refractivity contribution in [2.45, 2.75) is 13.0 Å². The molecule has 0 bridgehead atoms. The largest absolute Gasteiger partial charge is 0.378 e. The van der Waals surface area contributed by atoms with Crippen LogP contribution in [0.25, 0.3) is 0 Å². The predicted molar refractivity (Wildman–Crippen MR) is 66.1 cm³/mol. The quantitative estimate of drug-likeness (QED) is 0.823. The van der Waals surface area contributed by atoms with Crippen molar-refractivity contribution in [2.24, 2.45) is 5.92 Å². The molecule has 2 aliphatic rings. The average Bonchev–Trinajstić information content (AvgIpc) is 2.79. The van der Waals surface area contributed by atoms with Crippen LogP contribution in [0.1, 0.15) is 6.92 Å². The van der Waals surface area contributed by atoms with E-state index in [1.54, 1.807) is 6.07 Å². The van der Waals surface area contributed by atoms with Gasteiger partial charge in [0.15, 0.2) is 0 Å². The van der Waals surface area contributed by atoms with Gasteiger partial charge in [0.05, 0.1) is 30.9 Å². The van der Waals surface area contributed by atoms with Crippen LogP contribution >= 0.6 is 0 Å². The zero-order valence-electron chi connectivity index (χ0n) is 10.1. The summed E-state index contributed by atoms with van der Waals surface area (Å²) in [4.78, 5) is 14.1. The number of amides is 1. The van der Waals surface area contributed by atoms with Crippen LogP contribution in [0.2, 0.25) is 0 Å².